The second kappa shape index (κ2) is 8.94. The summed E-state index contributed by atoms with van der Waals surface area (Å²) in [6, 6.07) is 8.08. The van der Waals surface area contributed by atoms with Crippen LogP contribution in [0.25, 0.3) is 0 Å². The van der Waals surface area contributed by atoms with Gasteiger partial charge in [0.2, 0.25) is 0 Å². The maximum absolute atomic E-state index is 14.3. The number of fused-ring (bicyclic) bond motifs is 5. The lowest BCUT2D eigenvalue weighted by Gasteiger charge is -2.67. The average Bonchev–Trinajstić information content (AvgIpc) is 2.87. The molecule has 4 aliphatic rings. The van der Waals surface area contributed by atoms with Crippen LogP contribution in [0.2, 0.25) is 0 Å². The number of Topliss-reactive ketones (excluding diaryl/α,β-unsaturated/α-hetero) is 1. The van der Waals surface area contributed by atoms with Crippen molar-refractivity contribution in [3.63, 3.8) is 0 Å². The number of ether oxygens (including phenoxy) is 3. The van der Waals surface area contributed by atoms with Crippen molar-refractivity contribution in [2.24, 2.45) is 16.7 Å². The highest BCUT2D eigenvalue weighted by molar-refractivity contribution is 5.94. The van der Waals surface area contributed by atoms with Crippen molar-refractivity contribution < 1.29 is 49.0 Å². The van der Waals surface area contributed by atoms with E-state index >= 15 is 0 Å². The zero-order chi connectivity index (χ0) is 28.7. The fraction of sp³-hybridized carbons (Fsp3) is 0.621. The van der Waals surface area contributed by atoms with Gasteiger partial charge in [0.05, 0.1) is 35.7 Å². The van der Waals surface area contributed by atoms with Crippen LogP contribution < -0.4 is 0 Å². The molecular formula is C29H36O10. The Hall–Kier alpha value is -2.63. The highest BCUT2D eigenvalue weighted by Gasteiger charge is 2.77. The summed E-state index contributed by atoms with van der Waals surface area (Å²) >= 11 is 0. The number of hydrogen-bond acceptors (Lipinski definition) is 10. The van der Waals surface area contributed by atoms with Crippen LogP contribution in [0, 0.1) is 16.7 Å². The molecule has 3 fully saturated rings. The molecule has 2 bridgehead atoms. The largest absolute Gasteiger partial charge is 0.455 e. The molecule has 2 unspecified atom stereocenters. The molecular weight excluding hydrogens is 508 g/mol. The highest BCUT2D eigenvalue weighted by Crippen LogP contribution is 2.63. The molecule has 39 heavy (non-hydrogen) atoms. The fourth-order valence-electron chi connectivity index (χ4n) is 7.66. The third-order valence-corrected chi connectivity index (χ3v) is 9.95. The van der Waals surface area contributed by atoms with E-state index in [1.54, 1.807) is 39.0 Å². The maximum atomic E-state index is 14.3. The van der Waals surface area contributed by atoms with E-state index in [2.05, 4.69) is 0 Å². The Bertz CT molecular complexity index is 1240. The van der Waals surface area contributed by atoms with Gasteiger partial charge in [-0.3, -0.25) is 9.59 Å². The Kier molecular flexibility index (Phi) is 6.40. The van der Waals surface area contributed by atoms with Crippen molar-refractivity contribution >= 4 is 17.7 Å². The first-order valence-corrected chi connectivity index (χ1v) is 13.2. The monoisotopic (exact) mass is 544 g/mol. The van der Waals surface area contributed by atoms with Gasteiger partial charge in [0.15, 0.2) is 11.4 Å². The first-order chi connectivity index (χ1) is 18.1. The molecule has 3 aliphatic carbocycles. The number of aliphatic hydroxyl groups is 4. The van der Waals surface area contributed by atoms with Gasteiger partial charge in [-0.2, -0.15) is 0 Å². The molecule has 4 N–H and O–H groups in total. The van der Waals surface area contributed by atoms with Gasteiger partial charge in [0.25, 0.3) is 0 Å². The molecule has 10 nitrogen and oxygen atoms in total. The van der Waals surface area contributed by atoms with E-state index in [1.165, 1.54) is 26.0 Å². The number of carbonyl (C=O) groups is 3. The summed E-state index contributed by atoms with van der Waals surface area (Å²) in [5, 5.41) is 46.7. The molecule has 0 radical (unpaired) electrons. The fourth-order valence-corrected chi connectivity index (χ4v) is 7.66. The summed E-state index contributed by atoms with van der Waals surface area (Å²) in [6.45, 7) is 7.29. The van der Waals surface area contributed by atoms with E-state index in [-0.39, 0.29) is 30.6 Å². The van der Waals surface area contributed by atoms with Crippen LogP contribution in [0.3, 0.4) is 0 Å². The number of benzene rings is 1. The number of rotatable bonds is 3. The third kappa shape index (κ3) is 3.62. The Labute approximate surface area is 226 Å². The van der Waals surface area contributed by atoms with Crippen LogP contribution in [-0.2, 0) is 23.8 Å². The first-order valence-electron chi connectivity index (χ1n) is 13.2. The maximum Gasteiger partial charge on any atom is 0.338 e. The zero-order valence-electron chi connectivity index (χ0n) is 22.7. The Balaban J connectivity index is 1.81. The van der Waals surface area contributed by atoms with E-state index in [0.717, 1.165) is 0 Å². The summed E-state index contributed by atoms with van der Waals surface area (Å²) in [5.74, 6) is -3.60. The molecule has 10 heteroatoms. The molecule has 5 rings (SSSR count). The second-order valence-electron chi connectivity index (χ2n) is 12.2. The molecule has 2 saturated carbocycles. The van der Waals surface area contributed by atoms with Gasteiger partial charge in [0, 0.05) is 25.2 Å². The van der Waals surface area contributed by atoms with Gasteiger partial charge < -0.3 is 34.6 Å². The molecule has 212 valence electrons. The number of esters is 2. The molecule has 1 aromatic carbocycles. The normalized spacial score (nSPS) is 42.7. The summed E-state index contributed by atoms with van der Waals surface area (Å²) in [7, 11) is 0. The molecule has 0 aromatic heterocycles. The lowest BCUT2D eigenvalue weighted by atomic mass is 9.44. The van der Waals surface area contributed by atoms with Crippen LogP contribution in [0.5, 0.6) is 0 Å². The molecule has 1 heterocycles. The third-order valence-electron chi connectivity index (χ3n) is 9.95. The van der Waals surface area contributed by atoms with Crippen molar-refractivity contribution in [1.29, 1.82) is 0 Å². The van der Waals surface area contributed by atoms with E-state index in [9.17, 15) is 34.8 Å². The van der Waals surface area contributed by atoms with Crippen molar-refractivity contribution in [2.75, 3.05) is 6.61 Å². The number of hydrogen-bond donors (Lipinski definition) is 4. The molecule has 1 saturated heterocycles. The standard InChI is InChI=1S/C29H36O10/c1-14-17(31)12-29(36)24(38-25(35)16-9-7-6-8-10-16)22-27(5,23(34)21(33)20(14)26(29,3)4)18(32)11-19-28(22,13-37-19)39-15(2)30/h6-10,17-19,21-22,24,31-33,36H,11-13H2,1-5H3/t17-,18-,19?,21+,22?,24-,27+,28-,29+/m0/s1. The van der Waals surface area contributed by atoms with Gasteiger partial charge >= 0.3 is 11.9 Å². The lowest BCUT2D eigenvalue weighted by molar-refractivity contribution is -0.345. The molecule has 1 aromatic rings. The van der Waals surface area contributed by atoms with Crippen LogP contribution in [0.1, 0.15) is 57.8 Å². The predicted molar refractivity (Wildman–Crippen MR) is 135 cm³/mol. The topological polar surface area (TPSA) is 160 Å². The van der Waals surface area contributed by atoms with Crippen molar-refractivity contribution in [3.05, 3.63) is 47.0 Å². The number of carbonyl (C=O) groups excluding carboxylic acids is 3. The van der Waals surface area contributed by atoms with E-state index in [4.69, 9.17) is 14.2 Å². The van der Waals surface area contributed by atoms with E-state index in [1.807, 2.05) is 0 Å². The van der Waals surface area contributed by atoms with Crippen molar-refractivity contribution in [1.82, 2.24) is 0 Å². The Morgan fingerprint density at radius 1 is 1.08 bits per heavy atom. The smallest absolute Gasteiger partial charge is 0.338 e. The SMILES string of the molecule is CC(=O)O[C@@]12COC1C[C@H](O)[C@@]1(C)C(=O)[C@H](O)C3=C(C)[C@@H](O)C[C@@](O)([C@@H](OC(=O)c4ccccc4)C21)C3(C)C. The van der Waals surface area contributed by atoms with Crippen LogP contribution in [-0.4, -0.2) is 86.5 Å². The second-order valence-corrected chi connectivity index (χ2v) is 12.2. The van der Waals surface area contributed by atoms with Crippen LogP contribution in [0.15, 0.2) is 41.5 Å². The van der Waals surface area contributed by atoms with E-state index < -0.39 is 76.2 Å². The minimum absolute atomic E-state index is 0.0828. The summed E-state index contributed by atoms with van der Waals surface area (Å²) in [5.41, 5.74) is -6.24. The zero-order valence-corrected chi connectivity index (χ0v) is 22.7. The molecule has 0 amide bonds. The van der Waals surface area contributed by atoms with Gasteiger partial charge in [-0.25, -0.2) is 4.79 Å². The first kappa shape index (κ1) is 27.9. The minimum atomic E-state index is -2.07. The minimum Gasteiger partial charge on any atom is -0.455 e. The molecule has 9 atom stereocenters. The van der Waals surface area contributed by atoms with Gasteiger partial charge in [0.1, 0.15) is 23.9 Å². The van der Waals surface area contributed by atoms with E-state index in [0.29, 0.717) is 5.57 Å². The molecule has 1 aliphatic heterocycles. The van der Waals surface area contributed by atoms with Gasteiger partial charge in [-0.05, 0) is 37.1 Å². The van der Waals surface area contributed by atoms with Crippen molar-refractivity contribution in [2.45, 2.75) is 89.2 Å². The van der Waals surface area contributed by atoms with Crippen LogP contribution in [0.4, 0.5) is 0 Å². The quantitative estimate of drug-likeness (QED) is 0.320. The number of ketones is 1. The predicted octanol–water partition coefficient (Wildman–Crippen LogP) is 1.08. The van der Waals surface area contributed by atoms with Gasteiger partial charge in [-0.1, -0.05) is 32.0 Å². The highest BCUT2D eigenvalue weighted by atomic mass is 16.6. The van der Waals surface area contributed by atoms with Gasteiger partial charge in [-0.15, -0.1) is 0 Å². The van der Waals surface area contributed by atoms with Crippen molar-refractivity contribution in [3.8, 4) is 0 Å². The number of aliphatic hydroxyl groups excluding tert-OH is 3. The summed E-state index contributed by atoms with van der Waals surface area (Å²) in [4.78, 5) is 40.3. The van der Waals surface area contributed by atoms with Crippen LogP contribution >= 0.6 is 0 Å². The summed E-state index contributed by atoms with van der Waals surface area (Å²) < 4.78 is 17.7. The molecule has 0 spiro atoms. The average molecular weight is 545 g/mol. The Morgan fingerprint density at radius 2 is 1.72 bits per heavy atom. The lowest BCUT2D eigenvalue weighted by Crippen LogP contribution is -2.81. The summed E-state index contributed by atoms with van der Waals surface area (Å²) in [6.07, 6.45) is -7.26. The Morgan fingerprint density at radius 3 is 2.28 bits per heavy atom.